The number of hydrogen-bond acceptors (Lipinski definition) is 3. The van der Waals surface area contributed by atoms with Crippen LogP contribution in [-0.4, -0.2) is 14.5 Å². The number of hydrogen-bond donors (Lipinski definition) is 2. The summed E-state index contributed by atoms with van der Waals surface area (Å²) in [5.74, 6) is 0. The Morgan fingerprint density at radius 1 is 1.41 bits per heavy atom. The lowest BCUT2D eigenvalue weighted by Crippen LogP contribution is -2.31. The molecule has 5 nitrogen and oxygen atoms in total. The Morgan fingerprint density at radius 2 is 2.12 bits per heavy atom. The summed E-state index contributed by atoms with van der Waals surface area (Å²) in [4.78, 5) is 0. The van der Waals surface area contributed by atoms with Crippen molar-refractivity contribution in [2.45, 2.75) is 18.9 Å². The summed E-state index contributed by atoms with van der Waals surface area (Å²) in [6.45, 7) is 0. The third kappa shape index (κ3) is 3.43. The minimum Gasteiger partial charge on any atom is -0.270 e. The van der Waals surface area contributed by atoms with Crippen molar-refractivity contribution in [2.24, 2.45) is 0 Å². The zero-order valence-corrected chi connectivity index (χ0v) is 11.2. The molecule has 1 fully saturated rings. The normalized spacial score (nSPS) is 15.3. The van der Waals surface area contributed by atoms with Gasteiger partial charge >= 0.3 is 0 Å². The number of rotatable bonds is 4. The number of halogens is 1. The fourth-order valence-corrected chi connectivity index (χ4v) is 3.07. The highest BCUT2D eigenvalue weighted by Gasteiger charge is 2.27. The van der Waals surface area contributed by atoms with Gasteiger partial charge < -0.3 is 0 Å². The predicted molar refractivity (Wildman–Crippen MR) is 67.6 cm³/mol. The maximum absolute atomic E-state index is 11.6. The predicted octanol–water partition coefficient (Wildman–Crippen LogP) is 1.73. The average Bonchev–Trinajstić information content (AvgIpc) is 3.04. The molecule has 2 N–H and O–H groups in total. The van der Waals surface area contributed by atoms with Crippen molar-refractivity contribution >= 4 is 31.8 Å². The molecule has 0 aliphatic heterocycles. The Balaban J connectivity index is 2.15. The molecule has 1 aliphatic rings. The minimum atomic E-state index is -3.53. The van der Waals surface area contributed by atoms with E-state index in [0.29, 0.717) is 15.7 Å². The lowest BCUT2D eigenvalue weighted by atomic mass is 10.2. The Labute approximate surface area is 108 Å². The summed E-state index contributed by atoms with van der Waals surface area (Å²) >= 11 is 3.22. The summed E-state index contributed by atoms with van der Waals surface area (Å²) in [7, 11) is -3.53. The van der Waals surface area contributed by atoms with E-state index < -0.39 is 10.2 Å². The Hall–Kier alpha value is -1.10. The van der Waals surface area contributed by atoms with Crippen molar-refractivity contribution in [3.63, 3.8) is 0 Å². The molecule has 0 radical (unpaired) electrons. The van der Waals surface area contributed by atoms with Crippen LogP contribution in [0.2, 0.25) is 0 Å². The monoisotopic (exact) mass is 315 g/mol. The van der Waals surface area contributed by atoms with Gasteiger partial charge in [-0.1, -0.05) is 0 Å². The molecular formula is C10H10BrN3O2S. The molecule has 0 spiro atoms. The maximum atomic E-state index is 11.6. The van der Waals surface area contributed by atoms with Gasteiger partial charge in [0.05, 0.1) is 17.3 Å². The molecule has 0 atom stereocenters. The molecular weight excluding hydrogens is 306 g/mol. The highest BCUT2D eigenvalue weighted by molar-refractivity contribution is 9.10. The zero-order valence-electron chi connectivity index (χ0n) is 8.77. The number of nitriles is 1. The van der Waals surface area contributed by atoms with Crippen molar-refractivity contribution in [2.75, 3.05) is 4.72 Å². The van der Waals surface area contributed by atoms with Gasteiger partial charge in [-0.15, -0.1) is 0 Å². The minimum absolute atomic E-state index is 0.0599. The first-order valence-corrected chi connectivity index (χ1v) is 7.27. The molecule has 0 heterocycles. The van der Waals surface area contributed by atoms with Crippen molar-refractivity contribution in [3.05, 3.63) is 28.2 Å². The molecule has 0 bridgehead atoms. The van der Waals surface area contributed by atoms with E-state index in [0.717, 1.165) is 12.8 Å². The van der Waals surface area contributed by atoms with Gasteiger partial charge in [-0.2, -0.15) is 18.4 Å². The Morgan fingerprint density at radius 3 is 2.65 bits per heavy atom. The van der Waals surface area contributed by atoms with E-state index in [2.05, 4.69) is 25.4 Å². The van der Waals surface area contributed by atoms with Crippen molar-refractivity contribution < 1.29 is 8.42 Å². The number of nitrogens with one attached hydrogen (secondary N) is 2. The first-order valence-electron chi connectivity index (χ1n) is 5.00. The van der Waals surface area contributed by atoms with Crippen LogP contribution in [0.5, 0.6) is 0 Å². The summed E-state index contributed by atoms with van der Waals surface area (Å²) in [6, 6.07) is 6.71. The van der Waals surface area contributed by atoms with Crippen LogP contribution in [0.4, 0.5) is 5.69 Å². The van der Waals surface area contributed by atoms with Crippen LogP contribution in [0.1, 0.15) is 18.4 Å². The first-order chi connectivity index (χ1) is 8.00. The molecule has 1 aromatic carbocycles. The van der Waals surface area contributed by atoms with Gasteiger partial charge in [0.1, 0.15) is 0 Å². The van der Waals surface area contributed by atoms with E-state index in [1.165, 1.54) is 0 Å². The number of nitrogens with zero attached hydrogens (tertiary/aromatic N) is 1. The van der Waals surface area contributed by atoms with Gasteiger partial charge in [-0.25, -0.2) is 0 Å². The van der Waals surface area contributed by atoms with Crippen molar-refractivity contribution in [3.8, 4) is 6.07 Å². The molecule has 90 valence electrons. The number of anilines is 1. The summed E-state index contributed by atoms with van der Waals surface area (Å²) in [6.07, 6.45) is 1.77. The summed E-state index contributed by atoms with van der Waals surface area (Å²) in [5, 5.41) is 8.69. The molecule has 1 aliphatic carbocycles. The third-order valence-electron chi connectivity index (χ3n) is 2.24. The largest absolute Gasteiger partial charge is 0.299 e. The molecule has 0 amide bonds. The van der Waals surface area contributed by atoms with E-state index in [4.69, 9.17) is 5.26 Å². The molecule has 0 saturated heterocycles. The summed E-state index contributed by atoms with van der Waals surface area (Å²) < 4.78 is 28.8. The SMILES string of the molecule is N#Cc1ccc(NS(=O)(=O)NC2CC2)c(Br)c1. The van der Waals surface area contributed by atoms with Crippen LogP contribution < -0.4 is 9.44 Å². The van der Waals surface area contributed by atoms with E-state index in [-0.39, 0.29) is 6.04 Å². The van der Waals surface area contributed by atoms with Crippen LogP contribution in [0, 0.1) is 11.3 Å². The lowest BCUT2D eigenvalue weighted by molar-refractivity contribution is 0.586. The van der Waals surface area contributed by atoms with Crippen molar-refractivity contribution in [1.29, 1.82) is 5.26 Å². The fourth-order valence-electron chi connectivity index (χ4n) is 1.26. The fraction of sp³-hybridized carbons (Fsp3) is 0.300. The Kier molecular flexibility index (Phi) is 3.38. The van der Waals surface area contributed by atoms with Gasteiger partial charge in [0, 0.05) is 10.5 Å². The number of benzene rings is 1. The smallest absolute Gasteiger partial charge is 0.270 e. The van der Waals surface area contributed by atoms with Gasteiger partial charge in [0.2, 0.25) is 0 Å². The Bertz CT molecular complexity index is 576. The topological polar surface area (TPSA) is 82.0 Å². The second-order valence-corrected chi connectivity index (χ2v) is 6.11. The molecule has 17 heavy (non-hydrogen) atoms. The van der Waals surface area contributed by atoms with Gasteiger partial charge in [0.15, 0.2) is 0 Å². The highest BCUT2D eigenvalue weighted by atomic mass is 79.9. The summed E-state index contributed by atoms with van der Waals surface area (Å²) in [5.41, 5.74) is 0.882. The molecule has 0 unspecified atom stereocenters. The molecule has 7 heteroatoms. The van der Waals surface area contributed by atoms with Crippen LogP contribution >= 0.6 is 15.9 Å². The molecule has 0 aromatic heterocycles. The zero-order chi connectivity index (χ0) is 12.5. The van der Waals surface area contributed by atoms with Crippen molar-refractivity contribution in [1.82, 2.24) is 4.72 Å². The quantitative estimate of drug-likeness (QED) is 0.887. The highest BCUT2D eigenvalue weighted by Crippen LogP contribution is 2.25. The first kappa shape index (κ1) is 12.4. The molecule has 2 rings (SSSR count). The van der Waals surface area contributed by atoms with Crippen LogP contribution in [0.25, 0.3) is 0 Å². The van der Waals surface area contributed by atoms with E-state index in [1.54, 1.807) is 18.2 Å². The van der Waals surface area contributed by atoms with Gasteiger partial charge in [0.25, 0.3) is 10.2 Å². The van der Waals surface area contributed by atoms with E-state index in [9.17, 15) is 8.42 Å². The van der Waals surface area contributed by atoms with Crippen LogP contribution in [0.15, 0.2) is 22.7 Å². The van der Waals surface area contributed by atoms with E-state index in [1.807, 2.05) is 6.07 Å². The third-order valence-corrected chi connectivity index (χ3v) is 4.03. The van der Waals surface area contributed by atoms with E-state index >= 15 is 0 Å². The second-order valence-electron chi connectivity index (χ2n) is 3.80. The van der Waals surface area contributed by atoms with Gasteiger partial charge in [-0.3, -0.25) is 4.72 Å². The van der Waals surface area contributed by atoms with Gasteiger partial charge in [-0.05, 0) is 47.0 Å². The second kappa shape index (κ2) is 4.64. The molecule has 1 aromatic rings. The lowest BCUT2D eigenvalue weighted by Gasteiger charge is -2.10. The standard InChI is InChI=1S/C10H10BrN3O2S/c11-9-5-7(6-12)1-4-10(9)14-17(15,16)13-8-2-3-8/h1,4-5,8,13-14H,2-3H2. The molecule has 1 saturated carbocycles. The van der Waals surface area contributed by atoms with Crippen LogP contribution in [0.3, 0.4) is 0 Å². The maximum Gasteiger partial charge on any atom is 0.299 e. The average molecular weight is 316 g/mol. The van der Waals surface area contributed by atoms with Crippen LogP contribution in [-0.2, 0) is 10.2 Å².